The normalized spacial score (nSPS) is 27.2. The Kier molecular flexibility index (Phi) is 3.59. The van der Waals surface area contributed by atoms with Crippen LogP contribution in [0.4, 0.5) is 0 Å². The largest absolute Gasteiger partial charge is 0.338 e. The predicted molar refractivity (Wildman–Crippen MR) is 61.9 cm³/mol. The van der Waals surface area contributed by atoms with Crippen molar-refractivity contribution in [1.82, 2.24) is 10.1 Å². The van der Waals surface area contributed by atoms with Crippen molar-refractivity contribution < 1.29 is 4.52 Å². The van der Waals surface area contributed by atoms with Crippen molar-refractivity contribution >= 4 is 0 Å². The maximum Gasteiger partial charge on any atom is 0.243 e. The molecule has 0 bridgehead atoms. The third-order valence-electron chi connectivity index (χ3n) is 3.43. The van der Waals surface area contributed by atoms with E-state index in [2.05, 4.69) is 24.0 Å². The lowest BCUT2D eigenvalue weighted by Crippen LogP contribution is -2.10. The molecule has 3 atom stereocenters. The minimum absolute atomic E-state index is 0.0925. The van der Waals surface area contributed by atoms with E-state index in [9.17, 15) is 0 Å². The molecule has 4 heteroatoms. The van der Waals surface area contributed by atoms with Gasteiger partial charge in [0.1, 0.15) is 0 Å². The standard InChI is InChI=1S/C12H21N3O/c1-3-4-10(13)12-14-11(15-16-12)9-6-5-8(2)7-9/h8-10H,3-7,13H2,1-2H3. The lowest BCUT2D eigenvalue weighted by molar-refractivity contribution is 0.342. The van der Waals surface area contributed by atoms with Crippen LogP contribution in [0.15, 0.2) is 4.52 Å². The van der Waals surface area contributed by atoms with E-state index in [0.717, 1.165) is 24.6 Å². The highest BCUT2D eigenvalue weighted by Gasteiger charge is 2.27. The maximum absolute atomic E-state index is 5.95. The van der Waals surface area contributed by atoms with Crippen LogP contribution in [0.5, 0.6) is 0 Å². The first kappa shape index (κ1) is 11.6. The molecule has 2 rings (SSSR count). The number of hydrogen-bond acceptors (Lipinski definition) is 4. The van der Waals surface area contributed by atoms with Crippen molar-refractivity contribution in [2.24, 2.45) is 11.7 Å². The summed E-state index contributed by atoms with van der Waals surface area (Å²) in [6, 6.07) is -0.0925. The minimum atomic E-state index is -0.0925. The van der Waals surface area contributed by atoms with Crippen LogP contribution < -0.4 is 5.73 Å². The number of nitrogens with two attached hydrogens (primary N) is 1. The van der Waals surface area contributed by atoms with E-state index in [1.54, 1.807) is 0 Å². The molecule has 1 aromatic heterocycles. The fourth-order valence-corrected chi connectivity index (χ4v) is 2.44. The molecule has 1 saturated carbocycles. The molecule has 0 aromatic carbocycles. The molecule has 1 aromatic rings. The fraction of sp³-hybridized carbons (Fsp3) is 0.833. The van der Waals surface area contributed by atoms with Crippen LogP contribution in [0.3, 0.4) is 0 Å². The summed E-state index contributed by atoms with van der Waals surface area (Å²) in [7, 11) is 0. The summed E-state index contributed by atoms with van der Waals surface area (Å²) in [6.45, 7) is 4.39. The lowest BCUT2D eigenvalue weighted by Gasteiger charge is -2.03. The molecule has 1 aliphatic carbocycles. The molecule has 1 fully saturated rings. The SMILES string of the molecule is CCCC(N)c1nc(C2CCC(C)C2)no1. The second-order valence-corrected chi connectivity index (χ2v) is 5.00. The van der Waals surface area contributed by atoms with Crippen molar-refractivity contribution in [3.8, 4) is 0 Å². The average Bonchev–Trinajstić information content (AvgIpc) is 2.85. The Labute approximate surface area is 96.6 Å². The molecule has 1 heterocycles. The van der Waals surface area contributed by atoms with Crippen LogP contribution in [0.1, 0.15) is 69.6 Å². The molecular weight excluding hydrogens is 202 g/mol. The summed E-state index contributed by atoms with van der Waals surface area (Å²) in [4.78, 5) is 4.44. The Hall–Kier alpha value is -0.900. The van der Waals surface area contributed by atoms with Gasteiger partial charge in [-0.1, -0.05) is 25.4 Å². The second kappa shape index (κ2) is 4.95. The first-order valence-corrected chi connectivity index (χ1v) is 6.29. The molecule has 0 aliphatic heterocycles. The van der Waals surface area contributed by atoms with Crippen molar-refractivity contribution in [3.05, 3.63) is 11.7 Å². The Morgan fingerprint density at radius 3 is 2.94 bits per heavy atom. The van der Waals surface area contributed by atoms with Gasteiger partial charge in [0, 0.05) is 5.92 Å². The molecule has 4 nitrogen and oxygen atoms in total. The van der Waals surface area contributed by atoms with E-state index in [0.29, 0.717) is 11.8 Å². The zero-order valence-corrected chi connectivity index (χ0v) is 10.1. The summed E-state index contributed by atoms with van der Waals surface area (Å²) in [5.41, 5.74) is 5.95. The van der Waals surface area contributed by atoms with Gasteiger partial charge in [-0.2, -0.15) is 4.98 Å². The predicted octanol–water partition coefficient (Wildman–Crippen LogP) is 2.77. The fourth-order valence-electron chi connectivity index (χ4n) is 2.44. The number of aromatic nitrogens is 2. The van der Waals surface area contributed by atoms with Crippen molar-refractivity contribution in [3.63, 3.8) is 0 Å². The molecule has 0 spiro atoms. The number of rotatable bonds is 4. The van der Waals surface area contributed by atoms with Gasteiger partial charge in [0.25, 0.3) is 0 Å². The van der Waals surface area contributed by atoms with Gasteiger partial charge in [-0.15, -0.1) is 0 Å². The van der Waals surface area contributed by atoms with Crippen LogP contribution >= 0.6 is 0 Å². The lowest BCUT2D eigenvalue weighted by atomic mass is 10.1. The van der Waals surface area contributed by atoms with Crippen molar-refractivity contribution in [2.75, 3.05) is 0 Å². The molecule has 3 unspecified atom stereocenters. The van der Waals surface area contributed by atoms with Gasteiger partial charge in [0.05, 0.1) is 6.04 Å². The van der Waals surface area contributed by atoms with Gasteiger partial charge < -0.3 is 10.3 Å². The monoisotopic (exact) mass is 223 g/mol. The number of hydrogen-bond donors (Lipinski definition) is 1. The Morgan fingerprint density at radius 1 is 1.50 bits per heavy atom. The third-order valence-corrected chi connectivity index (χ3v) is 3.43. The summed E-state index contributed by atoms with van der Waals surface area (Å²) in [5, 5.41) is 4.07. The quantitative estimate of drug-likeness (QED) is 0.852. The molecule has 16 heavy (non-hydrogen) atoms. The molecule has 90 valence electrons. The van der Waals surface area contributed by atoms with Gasteiger partial charge >= 0.3 is 0 Å². The summed E-state index contributed by atoms with van der Waals surface area (Å²) < 4.78 is 5.24. The van der Waals surface area contributed by atoms with E-state index in [1.807, 2.05) is 0 Å². The van der Waals surface area contributed by atoms with Gasteiger partial charge in [-0.05, 0) is 31.6 Å². The molecule has 1 aliphatic rings. The highest BCUT2D eigenvalue weighted by molar-refractivity contribution is 5.00. The van der Waals surface area contributed by atoms with E-state index >= 15 is 0 Å². The minimum Gasteiger partial charge on any atom is -0.338 e. The van der Waals surface area contributed by atoms with Crippen LogP contribution in [0, 0.1) is 5.92 Å². The zero-order valence-electron chi connectivity index (χ0n) is 10.1. The zero-order chi connectivity index (χ0) is 11.5. The summed E-state index contributed by atoms with van der Waals surface area (Å²) >= 11 is 0. The number of nitrogens with zero attached hydrogens (tertiary/aromatic N) is 2. The van der Waals surface area contributed by atoms with Crippen molar-refractivity contribution in [2.45, 2.75) is 57.9 Å². The van der Waals surface area contributed by atoms with Gasteiger partial charge in [0.2, 0.25) is 5.89 Å². The van der Waals surface area contributed by atoms with Crippen LogP contribution in [-0.2, 0) is 0 Å². The van der Waals surface area contributed by atoms with Gasteiger partial charge in [0.15, 0.2) is 5.82 Å². The topological polar surface area (TPSA) is 64.9 Å². The summed E-state index contributed by atoms with van der Waals surface area (Å²) in [6.07, 6.45) is 5.59. The first-order chi connectivity index (χ1) is 7.70. The van der Waals surface area contributed by atoms with E-state index in [4.69, 9.17) is 10.3 Å². The Balaban J connectivity index is 2.01. The first-order valence-electron chi connectivity index (χ1n) is 6.29. The highest BCUT2D eigenvalue weighted by Crippen LogP contribution is 2.36. The van der Waals surface area contributed by atoms with Crippen LogP contribution in [0.25, 0.3) is 0 Å². The molecule has 2 N–H and O–H groups in total. The summed E-state index contributed by atoms with van der Waals surface area (Å²) in [5.74, 6) is 2.75. The Morgan fingerprint density at radius 2 is 2.31 bits per heavy atom. The maximum atomic E-state index is 5.95. The van der Waals surface area contributed by atoms with Crippen LogP contribution in [0.2, 0.25) is 0 Å². The highest BCUT2D eigenvalue weighted by atomic mass is 16.5. The van der Waals surface area contributed by atoms with Crippen molar-refractivity contribution in [1.29, 1.82) is 0 Å². The van der Waals surface area contributed by atoms with Gasteiger partial charge in [-0.3, -0.25) is 0 Å². The molecular formula is C12H21N3O. The van der Waals surface area contributed by atoms with E-state index < -0.39 is 0 Å². The van der Waals surface area contributed by atoms with Gasteiger partial charge in [-0.25, -0.2) is 0 Å². The van der Waals surface area contributed by atoms with E-state index in [1.165, 1.54) is 19.3 Å². The second-order valence-electron chi connectivity index (χ2n) is 5.00. The van der Waals surface area contributed by atoms with E-state index in [-0.39, 0.29) is 6.04 Å². The third kappa shape index (κ3) is 2.43. The van der Waals surface area contributed by atoms with Crippen LogP contribution in [-0.4, -0.2) is 10.1 Å². The smallest absolute Gasteiger partial charge is 0.243 e. The molecule has 0 saturated heterocycles. The average molecular weight is 223 g/mol. The molecule has 0 amide bonds. The molecule has 0 radical (unpaired) electrons. The Bertz CT molecular complexity index is 337.